The summed E-state index contributed by atoms with van der Waals surface area (Å²) < 4.78 is 0. The summed E-state index contributed by atoms with van der Waals surface area (Å²) in [5.41, 5.74) is 10.8. The van der Waals surface area contributed by atoms with Gasteiger partial charge in [0.05, 0.1) is 4.95 Å². The van der Waals surface area contributed by atoms with Gasteiger partial charge in [0.1, 0.15) is 0 Å². The predicted molar refractivity (Wildman–Crippen MR) is 56.5 cm³/mol. The second-order valence-electron chi connectivity index (χ2n) is 3.21. The molecule has 1 rings (SSSR count). The summed E-state index contributed by atoms with van der Waals surface area (Å²) in [6, 6.07) is 4.31. The van der Waals surface area contributed by atoms with Crippen LogP contribution in [-0.4, -0.2) is 0 Å². The fourth-order valence-corrected chi connectivity index (χ4v) is 2.35. The zero-order valence-electron chi connectivity index (χ0n) is 7.69. The SMILES string of the molecule is Cc1cc(C)c(C(N)Br)c(C)c1. The molecule has 66 valence electrons. The van der Waals surface area contributed by atoms with Crippen LogP contribution < -0.4 is 5.73 Å². The fourth-order valence-electron chi connectivity index (χ4n) is 1.63. The maximum absolute atomic E-state index is 5.78. The standard InChI is InChI=1S/C10H14BrN/c1-6-4-7(2)9(10(11)12)8(3)5-6/h4-5,10H,12H2,1-3H3. The highest BCUT2D eigenvalue weighted by atomic mass is 79.9. The summed E-state index contributed by atoms with van der Waals surface area (Å²) in [4.78, 5) is -0.0434. The molecule has 0 aliphatic rings. The highest BCUT2D eigenvalue weighted by Crippen LogP contribution is 2.25. The van der Waals surface area contributed by atoms with Crippen molar-refractivity contribution in [3.8, 4) is 0 Å². The Morgan fingerprint density at radius 2 is 1.58 bits per heavy atom. The second-order valence-corrected chi connectivity index (χ2v) is 4.20. The van der Waals surface area contributed by atoms with Crippen LogP contribution in [0.3, 0.4) is 0 Å². The van der Waals surface area contributed by atoms with Crippen LogP contribution in [0.1, 0.15) is 27.2 Å². The van der Waals surface area contributed by atoms with E-state index in [4.69, 9.17) is 5.73 Å². The van der Waals surface area contributed by atoms with Crippen molar-refractivity contribution in [2.75, 3.05) is 0 Å². The Labute approximate surface area is 82.1 Å². The number of rotatable bonds is 1. The van der Waals surface area contributed by atoms with Gasteiger partial charge in [-0.25, -0.2) is 0 Å². The van der Waals surface area contributed by atoms with Gasteiger partial charge in [-0.3, -0.25) is 0 Å². The molecular formula is C10H14BrN. The van der Waals surface area contributed by atoms with Gasteiger partial charge >= 0.3 is 0 Å². The molecule has 12 heavy (non-hydrogen) atoms. The molecule has 1 nitrogen and oxygen atoms in total. The number of alkyl halides is 1. The Balaban J connectivity index is 3.28. The third-order valence-electron chi connectivity index (χ3n) is 2.01. The zero-order chi connectivity index (χ0) is 9.30. The minimum Gasteiger partial charge on any atom is -0.315 e. The van der Waals surface area contributed by atoms with Crippen LogP contribution >= 0.6 is 15.9 Å². The molecular weight excluding hydrogens is 214 g/mol. The number of aryl methyl sites for hydroxylation is 3. The summed E-state index contributed by atoms with van der Waals surface area (Å²) >= 11 is 3.39. The van der Waals surface area contributed by atoms with E-state index < -0.39 is 0 Å². The molecule has 0 aromatic heterocycles. The van der Waals surface area contributed by atoms with Crippen LogP contribution in [0.2, 0.25) is 0 Å². The molecule has 0 heterocycles. The van der Waals surface area contributed by atoms with Crippen molar-refractivity contribution in [1.82, 2.24) is 0 Å². The van der Waals surface area contributed by atoms with Crippen LogP contribution in [0, 0.1) is 20.8 Å². The van der Waals surface area contributed by atoms with Crippen molar-refractivity contribution in [3.63, 3.8) is 0 Å². The van der Waals surface area contributed by atoms with E-state index in [0.29, 0.717) is 0 Å². The summed E-state index contributed by atoms with van der Waals surface area (Å²) in [5.74, 6) is 0. The maximum Gasteiger partial charge on any atom is 0.0866 e. The van der Waals surface area contributed by atoms with E-state index in [-0.39, 0.29) is 4.95 Å². The summed E-state index contributed by atoms with van der Waals surface area (Å²) in [5, 5.41) is 0. The molecule has 1 aromatic rings. The summed E-state index contributed by atoms with van der Waals surface area (Å²) in [6.07, 6.45) is 0. The van der Waals surface area contributed by atoms with Crippen LogP contribution in [-0.2, 0) is 0 Å². The molecule has 0 radical (unpaired) electrons. The Kier molecular flexibility index (Phi) is 2.91. The lowest BCUT2D eigenvalue weighted by molar-refractivity contribution is 1.01. The van der Waals surface area contributed by atoms with Crippen molar-refractivity contribution in [3.05, 3.63) is 34.4 Å². The first-order valence-corrected chi connectivity index (χ1v) is 4.91. The molecule has 2 heteroatoms. The minimum atomic E-state index is -0.0434. The first-order chi connectivity index (χ1) is 5.52. The van der Waals surface area contributed by atoms with Crippen LogP contribution in [0.15, 0.2) is 12.1 Å². The fraction of sp³-hybridized carbons (Fsp3) is 0.400. The number of nitrogens with two attached hydrogens (primary N) is 1. The molecule has 0 bridgehead atoms. The largest absolute Gasteiger partial charge is 0.315 e. The first-order valence-electron chi connectivity index (χ1n) is 3.99. The van der Waals surface area contributed by atoms with Crippen molar-refractivity contribution in [2.45, 2.75) is 25.7 Å². The lowest BCUT2D eigenvalue weighted by Gasteiger charge is -2.12. The topological polar surface area (TPSA) is 26.0 Å². The van der Waals surface area contributed by atoms with Crippen LogP contribution in [0.4, 0.5) is 0 Å². The first kappa shape index (κ1) is 9.75. The van der Waals surface area contributed by atoms with Gasteiger partial charge < -0.3 is 5.73 Å². The number of hydrogen-bond acceptors (Lipinski definition) is 1. The van der Waals surface area contributed by atoms with Gasteiger partial charge in [0, 0.05) is 0 Å². The molecule has 0 spiro atoms. The van der Waals surface area contributed by atoms with E-state index in [0.717, 1.165) is 0 Å². The molecule has 0 aliphatic carbocycles. The molecule has 0 saturated heterocycles. The van der Waals surface area contributed by atoms with E-state index in [1.165, 1.54) is 22.3 Å². The Bertz CT molecular complexity index is 269. The average molecular weight is 228 g/mol. The maximum atomic E-state index is 5.78. The Hall–Kier alpha value is -0.340. The van der Waals surface area contributed by atoms with Crippen molar-refractivity contribution < 1.29 is 0 Å². The Morgan fingerprint density at radius 1 is 1.17 bits per heavy atom. The van der Waals surface area contributed by atoms with Crippen molar-refractivity contribution in [1.29, 1.82) is 0 Å². The molecule has 0 fully saturated rings. The lowest BCUT2D eigenvalue weighted by Crippen LogP contribution is -2.06. The molecule has 1 atom stereocenters. The highest BCUT2D eigenvalue weighted by molar-refractivity contribution is 9.09. The summed E-state index contributed by atoms with van der Waals surface area (Å²) in [7, 11) is 0. The monoisotopic (exact) mass is 227 g/mol. The molecule has 2 N–H and O–H groups in total. The molecule has 1 unspecified atom stereocenters. The quantitative estimate of drug-likeness (QED) is 0.580. The van der Waals surface area contributed by atoms with E-state index in [2.05, 4.69) is 48.8 Å². The Morgan fingerprint density at radius 3 is 1.92 bits per heavy atom. The van der Waals surface area contributed by atoms with Gasteiger partial charge in [0.25, 0.3) is 0 Å². The minimum absolute atomic E-state index is 0.0434. The smallest absolute Gasteiger partial charge is 0.0866 e. The van der Waals surface area contributed by atoms with Gasteiger partial charge in [-0.1, -0.05) is 33.6 Å². The normalized spacial score (nSPS) is 13.1. The van der Waals surface area contributed by atoms with Gasteiger partial charge in [0.2, 0.25) is 0 Å². The van der Waals surface area contributed by atoms with Gasteiger partial charge in [-0.15, -0.1) is 0 Å². The van der Waals surface area contributed by atoms with Gasteiger partial charge in [-0.2, -0.15) is 0 Å². The van der Waals surface area contributed by atoms with Gasteiger partial charge in [0.15, 0.2) is 0 Å². The molecule has 0 amide bonds. The zero-order valence-corrected chi connectivity index (χ0v) is 9.27. The number of benzene rings is 1. The van der Waals surface area contributed by atoms with Crippen LogP contribution in [0.25, 0.3) is 0 Å². The van der Waals surface area contributed by atoms with Crippen molar-refractivity contribution >= 4 is 15.9 Å². The van der Waals surface area contributed by atoms with Crippen LogP contribution in [0.5, 0.6) is 0 Å². The van der Waals surface area contributed by atoms with Gasteiger partial charge in [-0.05, 0) is 37.5 Å². The molecule has 0 aliphatic heterocycles. The number of hydrogen-bond donors (Lipinski definition) is 1. The van der Waals surface area contributed by atoms with Crippen molar-refractivity contribution in [2.24, 2.45) is 5.73 Å². The predicted octanol–water partition coefficient (Wildman–Crippen LogP) is 2.96. The van der Waals surface area contributed by atoms with E-state index in [1.54, 1.807) is 0 Å². The average Bonchev–Trinajstić information content (AvgIpc) is 1.82. The van der Waals surface area contributed by atoms with E-state index in [1.807, 2.05) is 0 Å². The third-order valence-corrected chi connectivity index (χ3v) is 2.47. The third kappa shape index (κ3) is 1.87. The molecule has 0 saturated carbocycles. The second kappa shape index (κ2) is 3.58. The highest BCUT2D eigenvalue weighted by Gasteiger charge is 2.08. The van der Waals surface area contributed by atoms with E-state index >= 15 is 0 Å². The summed E-state index contributed by atoms with van der Waals surface area (Å²) in [6.45, 7) is 6.29. The van der Waals surface area contributed by atoms with E-state index in [9.17, 15) is 0 Å². The lowest BCUT2D eigenvalue weighted by atomic mass is 10.0. The number of halogens is 1. The molecule has 1 aromatic carbocycles.